The Balaban J connectivity index is 2.45. The minimum absolute atomic E-state index is 0.0718. The summed E-state index contributed by atoms with van der Waals surface area (Å²) in [6.45, 7) is 2.16. The molecule has 0 saturated heterocycles. The third-order valence-corrected chi connectivity index (χ3v) is 3.66. The van der Waals surface area contributed by atoms with Gasteiger partial charge in [0, 0.05) is 0 Å². The van der Waals surface area contributed by atoms with Gasteiger partial charge in [-0.05, 0) is 30.9 Å². The van der Waals surface area contributed by atoms with Crippen molar-refractivity contribution in [3.05, 3.63) is 29.6 Å². The van der Waals surface area contributed by atoms with E-state index in [-0.39, 0.29) is 29.6 Å². The van der Waals surface area contributed by atoms with Crippen LogP contribution >= 0.6 is 0 Å². The third-order valence-electron chi connectivity index (χ3n) is 2.85. The molecule has 0 aliphatic carbocycles. The molecule has 0 saturated carbocycles. The van der Waals surface area contributed by atoms with Gasteiger partial charge in [-0.25, -0.2) is 17.9 Å². The Labute approximate surface area is 118 Å². The second kappa shape index (κ2) is 7.22. The normalized spacial score (nSPS) is 12.7. The Morgan fingerprint density at radius 1 is 1.45 bits per heavy atom. The molecule has 1 atom stereocenters. The summed E-state index contributed by atoms with van der Waals surface area (Å²) in [5, 5.41) is 13.8. The van der Waals surface area contributed by atoms with Crippen molar-refractivity contribution in [1.82, 2.24) is 0 Å². The van der Waals surface area contributed by atoms with Crippen LogP contribution in [-0.2, 0) is 10.0 Å². The molecule has 110 valence electrons. The predicted octanol–water partition coefficient (Wildman–Crippen LogP) is 1.78. The lowest BCUT2D eigenvalue weighted by Crippen LogP contribution is -2.18. The van der Waals surface area contributed by atoms with Crippen molar-refractivity contribution in [1.29, 1.82) is 5.26 Å². The Kier molecular flexibility index (Phi) is 5.92. The molecule has 0 aliphatic rings. The van der Waals surface area contributed by atoms with Gasteiger partial charge in [0.15, 0.2) is 0 Å². The van der Waals surface area contributed by atoms with E-state index in [0.717, 1.165) is 0 Å². The zero-order chi connectivity index (χ0) is 15.2. The van der Waals surface area contributed by atoms with Gasteiger partial charge in [0.2, 0.25) is 10.0 Å². The van der Waals surface area contributed by atoms with E-state index in [9.17, 15) is 12.8 Å². The molecule has 0 amide bonds. The summed E-state index contributed by atoms with van der Waals surface area (Å²) in [5.41, 5.74) is -0.121. The molecule has 5 nitrogen and oxygen atoms in total. The summed E-state index contributed by atoms with van der Waals surface area (Å²) >= 11 is 0. The molecule has 0 aliphatic heterocycles. The zero-order valence-corrected chi connectivity index (χ0v) is 12.0. The Morgan fingerprint density at radius 3 is 2.75 bits per heavy atom. The topological polar surface area (TPSA) is 93.2 Å². The molecule has 1 aromatic carbocycles. The average Bonchev–Trinajstić information content (AvgIpc) is 2.36. The van der Waals surface area contributed by atoms with Gasteiger partial charge in [0.25, 0.3) is 0 Å². The number of nitrogens with two attached hydrogens (primary N) is 1. The summed E-state index contributed by atoms with van der Waals surface area (Å²) in [6.07, 6.45) is 1.04. The smallest absolute Gasteiger partial charge is 0.209 e. The van der Waals surface area contributed by atoms with Gasteiger partial charge >= 0.3 is 0 Å². The van der Waals surface area contributed by atoms with E-state index in [1.165, 1.54) is 18.2 Å². The first-order chi connectivity index (χ1) is 9.33. The molecule has 1 aromatic rings. The van der Waals surface area contributed by atoms with E-state index in [0.29, 0.717) is 12.8 Å². The van der Waals surface area contributed by atoms with Crippen molar-refractivity contribution in [2.45, 2.75) is 19.8 Å². The van der Waals surface area contributed by atoms with Crippen molar-refractivity contribution >= 4 is 10.0 Å². The summed E-state index contributed by atoms with van der Waals surface area (Å²) in [6, 6.07) is 5.94. The number of nitriles is 1. The molecule has 0 fully saturated rings. The monoisotopic (exact) mass is 300 g/mol. The number of primary sulfonamides is 1. The number of rotatable bonds is 7. The molecule has 1 rings (SSSR count). The van der Waals surface area contributed by atoms with Crippen molar-refractivity contribution in [2.75, 3.05) is 12.4 Å². The summed E-state index contributed by atoms with van der Waals surface area (Å²) in [7, 11) is -3.45. The van der Waals surface area contributed by atoms with Crippen molar-refractivity contribution in [3.63, 3.8) is 0 Å². The zero-order valence-electron chi connectivity index (χ0n) is 11.2. The van der Waals surface area contributed by atoms with Crippen LogP contribution in [0.2, 0.25) is 0 Å². The van der Waals surface area contributed by atoms with Crippen LogP contribution in [0.25, 0.3) is 0 Å². The SMILES string of the molecule is CC(CCOc1cccc(F)c1C#N)CCS(N)(=O)=O. The molecule has 0 spiro atoms. The number of hydrogen-bond donors (Lipinski definition) is 1. The van der Waals surface area contributed by atoms with Crippen LogP contribution in [0, 0.1) is 23.1 Å². The molecular formula is C13H17FN2O3S. The second-order valence-corrected chi connectivity index (χ2v) is 6.36. The number of sulfonamides is 1. The van der Waals surface area contributed by atoms with Crippen molar-refractivity contribution in [2.24, 2.45) is 11.1 Å². The summed E-state index contributed by atoms with van der Waals surface area (Å²) < 4.78 is 40.3. The lowest BCUT2D eigenvalue weighted by Gasteiger charge is -2.12. The second-order valence-electron chi connectivity index (χ2n) is 4.62. The molecule has 0 heterocycles. The Hall–Kier alpha value is -1.65. The maximum atomic E-state index is 13.3. The van der Waals surface area contributed by atoms with E-state index in [1.54, 1.807) is 6.07 Å². The highest BCUT2D eigenvalue weighted by molar-refractivity contribution is 7.89. The predicted molar refractivity (Wildman–Crippen MR) is 73.0 cm³/mol. The molecule has 0 bridgehead atoms. The van der Waals surface area contributed by atoms with Crippen molar-refractivity contribution in [3.8, 4) is 11.8 Å². The van der Waals surface area contributed by atoms with Gasteiger partial charge in [-0.3, -0.25) is 0 Å². The number of ether oxygens (including phenoxy) is 1. The fourth-order valence-electron chi connectivity index (χ4n) is 1.61. The van der Waals surface area contributed by atoms with Crippen LogP contribution in [-0.4, -0.2) is 20.8 Å². The Bertz CT molecular complexity index is 596. The van der Waals surface area contributed by atoms with Gasteiger partial charge in [0.05, 0.1) is 12.4 Å². The standard InChI is InChI=1S/C13H17FN2O3S/c1-10(6-8-20(16,17)18)5-7-19-13-4-2-3-12(14)11(13)9-15/h2-4,10H,5-8H2,1H3,(H2,16,17,18). The van der Waals surface area contributed by atoms with Gasteiger partial charge in [-0.2, -0.15) is 5.26 Å². The summed E-state index contributed by atoms with van der Waals surface area (Å²) in [4.78, 5) is 0. The Morgan fingerprint density at radius 2 is 2.15 bits per heavy atom. The van der Waals surface area contributed by atoms with Crippen LogP contribution in [0.15, 0.2) is 18.2 Å². The van der Waals surface area contributed by atoms with E-state index < -0.39 is 15.8 Å². The largest absolute Gasteiger partial charge is 0.492 e. The number of benzene rings is 1. The highest BCUT2D eigenvalue weighted by Gasteiger charge is 2.11. The molecule has 0 radical (unpaired) electrons. The molecule has 20 heavy (non-hydrogen) atoms. The average molecular weight is 300 g/mol. The number of halogens is 1. The van der Waals surface area contributed by atoms with E-state index in [1.807, 2.05) is 6.92 Å². The minimum atomic E-state index is -3.45. The van der Waals surface area contributed by atoms with Crippen LogP contribution in [0.1, 0.15) is 25.3 Å². The van der Waals surface area contributed by atoms with Gasteiger partial charge < -0.3 is 4.74 Å². The lowest BCUT2D eigenvalue weighted by atomic mass is 10.1. The number of hydrogen-bond acceptors (Lipinski definition) is 4. The van der Waals surface area contributed by atoms with Gasteiger partial charge in [0.1, 0.15) is 23.2 Å². The number of nitrogens with zero attached hydrogens (tertiary/aromatic N) is 1. The highest BCUT2D eigenvalue weighted by Crippen LogP contribution is 2.21. The molecular weight excluding hydrogens is 283 g/mol. The molecule has 0 aromatic heterocycles. The minimum Gasteiger partial charge on any atom is -0.492 e. The van der Waals surface area contributed by atoms with E-state index in [4.69, 9.17) is 15.1 Å². The van der Waals surface area contributed by atoms with E-state index >= 15 is 0 Å². The van der Waals surface area contributed by atoms with Gasteiger partial charge in [-0.15, -0.1) is 0 Å². The van der Waals surface area contributed by atoms with E-state index in [2.05, 4.69) is 0 Å². The fraction of sp³-hybridized carbons (Fsp3) is 0.462. The van der Waals surface area contributed by atoms with Gasteiger partial charge in [-0.1, -0.05) is 13.0 Å². The lowest BCUT2D eigenvalue weighted by molar-refractivity contribution is 0.280. The van der Waals surface area contributed by atoms with Crippen LogP contribution in [0.3, 0.4) is 0 Å². The maximum absolute atomic E-state index is 13.3. The van der Waals surface area contributed by atoms with Crippen LogP contribution < -0.4 is 9.88 Å². The third kappa shape index (κ3) is 5.55. The summed E-state index contributed by atoms with van der Waals surface area (Å²) in [5.74, 6) is -0.386. The molecule has 2 N–H and O–H groups in total. The first-order valence-electron chi connectivity index (χ1n) is 6.15. The van der Waals surface area contributed by atoms with Crippen molar-refractivity contribution < 1.29 is 17.5 Å². The fourth-order valence-corrected chi connectivity index (χ4v) is 2.34. The van der Waals surface area contributed by atoms with Crippen LogP contribution in [0.5, 0.6) is 5.75 Å². The highest BCUT2D eigenvalue weighted by atomic mass is 32.2. The molecule has 1 unspecified atom stereocenters. The molecule has 7 heteroatoms. The first-order valence-corrected chi connectivity index (χ1v) is 7.87. The maximum Gasteiger partial charge on any atom is 0.209 e. The quantitative estimate of drug-likeness (QED) is 0.830. The first kappa shape index (κ1) is 16.4. The van der Waals surface area contributed by atoms with Crippen LogP contribution in [0.4, 0.5) is 4.39 Å².